The normalized spacial score (nSPS) is 13.8. The van der Waals surface area contributed by atoms with Gasteiger partial charge in [-0.2, -0.15) is 0 Å². The number of hydrogen-bond donors (Lipinski definition) is 1. The van der Waals surface area contributed by atoms with Gasteiger partial charge in [0.2, 0.25) is 0 Å². The maximum absolute atomic E-state index is 6.17. The van der Waals surface area contributed by atoms with E-state index in [9.17, 15) is 0 Å². The summed E-state index contributed by atoms with van der Waals surface area (Å²) in [7, 11) is 0. The van der Waals surface area contributed by atoms with Crippen molar-refractivity contribution in [1.29, 1.82) is 0 Å². The first kappa shape index (κ1) is 16.1. The molecule has 2 unspecified atom stereocenters. The van der Waals surface area contributed by atoms with Crippen LogP contribution in [0.25, 0.3) is 0 Å². The van der Waals surface area contributed by atoms with Crippen LogP contribution in [0, 0.1) is 20.8 Å². The molecule has 2 rings (SSSR count). The van der Waals surface area contributed by atoms with Crippen LogP contribution in [0.3, 0.4) is 0 Å². The maximum atomic E-state index is 6.17. The Bertz CT molecular complexity index is 597. The van der Waals surface area contributed by atoms with E-state index in [-0.39, 0.29) is 12.1 Å². The second-order valence-electron chi connectivity index (χ2n) is 5.68. The highest BCUT2D eigenvalue weighted by molar-refractivity contribution is 9.10. The zero-order chi connectivity index (χ0) is 15.6. The summed E-state index contributed by atoms with van der Waals surface area (Å²) >= 11 is 3.58. The minimum Gasteiger partial charge on any atom is -0.484 e. The molecule has 0 bridgehead atoms. The van der Waals surface area contributed by atoms with E-state index in [1.165, 1.54) is 5.56 Å². The highest BCUT2D eigenvalue weighted by atomic mass is 79.9. The fourth-order valence-corrected chi connectivity index (χ4v) is 2.58. The van der Waals surface area contributed by atoms with Crippen LogP contribution < -0.4 is 10.5 Å². The lowest BCUT2D eigenvalue weighted by Crippen LogP contribution is -2.29. The Morgan fingerprint density at radius 3 is 2.00 bits per heavy atom. The van der Waals surface area contributed by atoms with Crippen molar-refractivity contribution in [2.75, 3.05) is 0 Å². The van der Waals surface area contributed by atoms with Crippen LogP contribution in [-0.2, 0) is 0 Å². The van der Waals surface area contributed by atoms with Gasteiger partial charge >= 0.3 is 0 Å². The van der Waals surface area contributed by atoms with Crippen molar-refractivity contribution in [2.45, 2.75) is 39.8 Å². The summed E-state index contributed by atoms with van der Waals surface area (Å²) in [6.45, 7) is 8.18. The van der Waals surface area contributed by atoms with Crippen LogP contribution in [0.15, 0.2) is 40.9 Å². The molecule has 0 aliphatic carbocycles. The van der Waals surface area contributed by atoms with E-state index in [4.69, 9.17) is 10.5 Å². The number of benzene rings is 2. The van der Waals surface area contributed by atoms with E-state index in [0.717, 1.165) is 26.9 Å². The van der Waals surface area contributed by atoms with Crippen molar-refractivity contribution in [3.63, 3.8) is 0 Å². The van der Waals surface area contributed by atoms with Crippen LogP contribution in [0.1, 0.15) is 35.3 Å². The number of nitrogens with two attached hydrogens (primary N) is 1. The van der Waals surface area contributed by atoms with Gasteiger partial charge in [-0.15, -0.1) is 0 Å². The fraction of sp³-hybridized carbons (Fsp3) is 0.333. The van der Waals surface area contributed by atoms with Crippen molar-refractivity contribution < 1.29 is 4.74 Å². The smallest absolute Gasteiger partial charge is 0.138 e. The first-order valence-corrected chi connectivity index (χ1v) is 7.93. The third-order valence-electron chi connectivity index (χ3n) is 3.56. The summed E-state index contributed by atoms with van der Waals surface area (Å²) in [5, 5.41) is 0. The predicted octanol–water partition coefficient (Wildman–Crippen LogP) is 4.84. The Hall–Kier alpha value is -1.32. The van der Waals surface area contributed by atoms with Gasteiger partial charge in [0, 0.05) is 10.5 Å². The quantitative estimate of drug-likeness (QED) is 0.858. The second kappa shape index (κ2) is 6.63. The maximum Gasteiger partial charge on any atom is 0.138 e. The van der Waals surface area contributed by atoms with Crippen molar-refractivity contribution >= 4 is 15.9 Å². The molecule has 2 atom stereocenters. The van der Waals surface area contributed by atoms with Gasteiger partial charge < -0.3 is 10.5 Å². The molecule has 0 amide bonds. The Labute approximate surface area is 135 Å². The molecule has 21 heavy (non-hydrogen) atoms. The third kappa shape index (κ3) is 3.86. The van der Waals surface area contributed by atoms with Gasteiger partial charge in [-0.1, -0.05) is 45.8 Å². The van der Waals surface area contributed by atoms with Gasteiger partial charge in [0.1, 0.15) is 11.9 Å². The number of halogens is 1. The van der Waals surface area contributed by atoms with Gasteiger partial charge in [0.25, 0.3) is 0 Å². The molecule has 3 heteroatoms. The van der Waals surface area contributed by atoms with E-state index in [1.807, 2.05) is 19.1 Å². The van der Waals surface area contributed by atoms with Crippen LogP contribution in [0.2, 0.25) is 0 Å². The van der Waals surface area contributed by atoms with Gasteiger partial charge in [0.05, 0.1) is 0 Å². The van der Waals surface area contributed by atoms with Crippen LogP contribution >= 0.6 is 15.9 Å². The molecular weight excluding hydrogens is 326 g/mol. The molecule has 0 fully saturated rings. The topological polar surface area (TPSA) is 35.2 Å². The summed E-state index contributed by atoms with van der Waals surface area (Å²) in [6.07, 6.45) is -0.148. The van der Waals surface area contributed by atoms with Crippen LogP contribution in [0.4, 0.5) is 0 Å². The molecule has 2 aromatic rings. The minimum absolute atomic E-state index is 0.0861. The molecule has 0 heterocycles. The summed E-state index contributed by atoms with van der Waals surface area (Å²) in [5.41, 5.74) is 10.8. The molecule has 2 aromatic carbocycles. The van der Waals surface area contributed by atoms with Gasteiger partial charge in [-0.3, -0.25) is 0 Å². The van der Waals surface area contributed by atoms with Crippen molar-refractivity contribution in [3.05, 3.63) is 63.1 Å². The third-order valence-corrected chi connectivity index (χ3v) is 4.81. The SMILES string of the molecule is Cc1ccc(C(Oc2cc(C)c(Br)c(C)c2)C(C)N)cc1. The van der Waals surface area contributed by atoms with E-state index in [0.29, 0.717) is 0 Å². The Morgan fingerprint density at radius 1 is 1.00 bits per heavy atom. The molecule has 0 aromatic heterocycles. The first-order chi connectivity index (χ1) is 9.88. The van der Waals surface area contributed by atoms with Crippen LogP contribution in [-0.4, -0.2) is 6.04 Å². The number of ether oxygens (including phenoxy) is 1. The second-order valence-corrected chi connectivity index (χ2v) is 6.47. The lowest BCUT2D eigenvalue weighted by molar-refractivity contribution is 0.180. The molecule has 0 aliphatic heterocycles. The molecular formula is C18H22BrNO. The summed E-state index contributed by atoms with van der Waals surface area (Å²) < 4.78 is 7.30. The highest BCUT2D eigenvalue weighted by Crippen LogP contribution is 2.30. The summed E-state index contributed by atoms with van der Waals surface area (Å²) in [4.78, 5) is 0. The summed E-state index contributed by atoms with van der Waals surface area (Å²) in [6, 6.07) is 12.3. The van der Waals surface area contributed by atoms with Crippen molar-refractivity contribution in [1.82, 2.24) is 0 Å². The van der Waals surface area contributed by atoms with Crippen LogP contribution in [0.5, 0.6) is 5.75 Å². The van der Waals surface area contributed by atoms with Crippen molar-refractivity contribution in [2.24, 2.45) is 5.73 Å². The largest absolute Gasteiger partial charge is 0.484 e. The van der Waals surface area contributed by atoms with Gasteiger partial charge in [-0.25, -0.2) is 0 Å². The number of rotatable bonds is 4. The minimum atomic E-state index is -0.148. The molecule has 112 valence electrons. The van der Waals surface area contributed by atoms with Gasteiger partial charge in [-0.05, 0) is 56.5 Å². The molecule has 0 spiro atoms. The average molecular weight is 348 g/mol. The molecule has 0 radical (unpaired) electrons. The van der Waals surface area contributed by atoms with E-state index in [2.05, 4.69) is 61.0 Å². The summed E-state index contributed by atoms with van der Waals surface area (Å²) in [5.74, 6) is 0.857. The monoisotopic (exact) mass is 347 g/mol. The average Bonchev–Trinajstić information content (AvgIpc) is 2.43. The van der Waals surface area contributed by atoms with E-state index in [1.54, 1.807) is 0 Å². The zero-order valence-corrected chi connectivity index (χ0v) is 14.6. The molecule has 0 saturated carbocycles. The molecule has 0 saturated heterocycles. The highest BCUT2D eigenvalue weighted by Gasteiger charge is 2.18. The molecule has 2 N–H and O–H groups in total. The van der Waals surface area contributed by atoms with E-state index >= 15 is 0 Å². The first-order valence-electron chi connectivity index (χ1n) is 7.14. The Kier molecular flexibility index (Phi) is 5.07. The lowest BCUT2D eigenvalue weighted by Gasteiger charge is -2.24. The zero-order valence-electron chi connectivity index (χ0n) is 13.0. The molecule has 2 nitrogen and oxygen atoms in total. The predicted molar refractivity (Wildman–Crippen MR) is 91.8 cm³/mol. The standard InChI is InChI=1S/C18H22BrNO/c1-11-5-7-15(8-6-11)18(14(4)20)21-16-9-12(2)17(19)13(3)10-16/h5-10,14,18H,20H2,1-4H3. The molecule has 0 aliphatic rings. The Morgan fingerprint density at radius 2 is 1.52 bits per heavy atom. The Balaban J connectivity index is 2.30. The lowest BCUT2D eigenvalue weighted by atomic mass is 10.0. The number of hydrogen-bond acceptors (Lipinski definition) is 2. The van der Waals surface area contributed by atoms with E-state index < -0.39 is 0 Å². The fourth-order valence-electron chi connectivity index (χ4n) is 2.36. The van der Waals surface area contributed by atoms with Crippen molar-refractivity contribution in [3.8, 4) is 5.75 Å². The number of aryl methyl sites for hydroxylation is 3. The van der Waals surface area contributed by atoms with Gasteiger partial charge in [0.15, 0.2) is 0 Å².